The number of carbonyl (C=O) groups excluding carboxylic acids is 1. The molecule has 0 aliphatic heterocycles. The lowest BCUT2D eigenvalue weighted by Gasteiger charge is -2.20. The molecular weight excluding hydrogens is 504 g/mol. The highest BCUT2D eigenvalue weighted by Crippen LogP contribution is 2.44. The van der Waals surface area contributed by atoms with Gasteiger partial charge in [0.1, 0.15) is 12.6 Å². The molecule has 0 fully saturated rings. The van der Waals surface area contributed by atoms with Gasteiger partial charge in [-0.1, -0.05) is 54.6 Å². The minimum Gasteiger partial charge on any atom is -0.480 e. The molecular formula is C26H19F6NO4. The first-order valence-electron chi connectivity index (χ1n) is 11.0. The Bertz CT molecular complexity index is 1290. The first kappa shape index (κ1) is 26.1. The lowest BCUT2D eigenvalue weighted by atomic mass is 9.97. The minimum absolute atomic E-state index is 0.0818. The highest BCUT2D eigenvalue weighted by Gasteiger charge is 2.39. The summed E-state index contributed by atoms with van der Waals surface area (Å²) < 4.78 is 84.3. The van der Waals surface area contributed by atoms with E-state index in [1.54, 1.807) is 0 Å². The fourth-order valence-corrected chi connectivity index (χ4v) is 4.40. The third-order valence-electron chi connectivity index (χ3n) is 6.10. The molecule has 3 aromatic rings. The van der Waals surface area contributed by atoms with Crippen molar-refractivity contribution >= 4 is 12.1 Å². The molecule has 0 saturated carbocycles. The van der Waals surface area contributed by atoms with Crippen LogP contribution < -0.4 is 5.32 Å². The molecule has 0 bridgehead atoms. The van der Waals surface area contributed by atoms with Gasteiger partial charge >= 0.3 is 24.4 Å². The van der Waals surface area contributed by atoms with E-state index in [1.165, 1.54) is 0 Å². The van der Waals surface area contributed by atoms with Gasteiger partial charge in [-0.2, -0.15) is 26.3 Å². The zero-order valence-electron chi connectivity index (χ0n) is 18.9. The van der Waals surface area contributed by atoms with E-state index >= 15 is 0 Å². The number of ether oxygens (including phenoxy) is 1. The van der Waals surface area contributed by atoms with Gasteiger partial charge in [0.15, 0.2) is 0 Å². The number of carboxylic acids is 1. The van der Waals surface area contributed by atoms with Crippen LogP contribution in [0.2, 0.25) is 0 Å². The number of alkyl carbamates (subject to hydrolysis) is 1. The number of benzene rings is 3. The number of hydrogen-bond acceptors (Lipinski definition) is 3. The molecule has 0 heterocycles. The van der Waals surface area contributed by atoms with Crippen LogP contribution in [0.15, 0.2) is 66.7 Å². The summed E-state index contributed by atoms with van der Waals surface area (Å²) in [6, 6.07) is 13.9. The van der Waals surface area contributed by atoms with Crippen molar-refractivity contribution in [2.45, 2.75) is 30.7 Å². The second kappa shape index (κ2) is 9.79. The van der Waals surface area contributed by atoms with Gasteiger partial charge in [-0.25, -0.2) is 9.59 Å². The van der Waals surface area contributed by atoms with Crippen molar-refractivity contribution in [3.63, 3.8) is 0 Å². The maximum Gasteiger partial charge on any atom is 0.416 e. The number of aliphatic carboxylic acids is 1. The SMILES string of the molecule is O=C(NC(Cc1ccc(C(F)(F)F)cc1C(F)(F)F)C(=O)O)OCC1c2ccccc2-c2ccccc21. The molecule has 2 N–H and O–H groups in total. The standard InChI is InChI=1S/C26H19F6NO4/c27-25(28,29)15-10-9-14(21(12-15)26(30,31)32)11-22(23(34)35)33-24(36)37-13-20-18-7-3-1-5-16(18)17-6-2-4-8-19(17)20/h1-10,12,20,22H,11,13H2,(H,33,36)(H,34,35). The number of hydrogen-bond donors (Lipinski definition) is 2. The fraction of sp³-hybridized carbons (Fsp3) is 0.231. The number of fused-ring (bicyclic) bond motifs is 3. The molecule has 1 aliphatic carbocycles. The third kappa shape index (κ3) is 5.55. The monoisotopic (exact) mass is 523 g/mol. The number of halogens is 6. The van der Waals surface area contributed by atoms with Gasteiger partial charge in [-0.15, -0.1) is 0 Å². The van der Waals surface area contributed by atoms with Crippen molar-refractivity contribution in [2.24, 2.45) is 0 Å². The van der Waals surface area contributed by atoms with Crippen LogP contribution in [-0.4, -0.2) is 29.8 Å². The molecule has 5 nitrogen and oxygen atoms in total. The summed E-state index contributed by atoms with van der Waals surface area (Å²) in [5.41, 5.74) is -0.179. The molecule has 4 rings (SSSR count). The lowest BCUT2D eigenvalue weighted by molar-refractivity contribution is -0.144. The molecule has 0 radical (unpaired) electrons. The number of alkyl halides is 6. The number of amides is 1. The molecule has 0 saturated heterocycles. The minimum atomic E-state index is -5.18. The molecule has 194 valence electrons. The predicted molar refractivity (Wildman–Crippen MR) is 120 cm³/mol. The largest absolute Gasteiger partial charge is 0.480 e. The van der Waals surface area contributed by atoms with E-state index in [1.807, 2.05) is 53.8 Å². The van der Waals surface area contributed by atoms with Gasteiger partial charge in [0.25, 0.3) is 0 Å². The summed E-state index contributed by atoms with van der Waals surface area (Å²) in [7, 11) is 0. The molecule has 11 heteroatoms. The first-order chi connectivity index (χ1) is 17.4. The van der Waals surface area contributed by atoms with E-state index in [9.17, 15) is 41.0 Å². The highest BCUT2D eigenvalue weighted by molar-refractivity contribution is 5.81. The quantitative estimate of drug-likeness (QED) is 0.374. The second-order valence-electron chi connectivity index (χ2n) is 8.43. The number of carbonyl (C=O) groups is 2. The Hall–Kier alpha value is -4.02. The van der Waals surface area contributed by atoms with Crippen molar-refractivity contribution in [1.82, 2.24) is 5.32 Å². The van der Waals surface area contributed by atoms with Gasteiger partial charge in [0, 0.05) is 12.3 Å². The second-order valence-corrected chi connectivity index (χ2v) is 8.43. The van der Waals surface area contributed by atoms with Crippen LogP contribution in [0.1, 0.15) is 33.7 Å². The molecule has 1 aliphatic rings. The van der Waals surface area contributed by atoms with Gasteiger partial charge in [0.2, 0.25) is 0 Å². The van der Waals surface area contributed by atoms with Crippen LogP contribution in [0.4, 0.5) is 31.1 Å². The van der Waals surface area contributed by atoms with Crippen molar-refractivity contribution in [2.75, 3.05) is 6.61 Å². The Balaban J connectivity index is 1.49. The Labute approximate surface area is 206 Å². The van der Waals surface area contributed by atoms with Crippen LogP contribution in [0.25, 0.3) is 11.1 Å². The number of nitrogens with one attached hydrogen (secondary N) is 1. The molecule has 3 aromatic carbocycles. The smallest absolute Gasteiger partial charge is 0.416 e. The topological polar surface area (TPSA) is 75.6 Å². The number of carboxylic acid groups (broad SMARTS) is 1. The molecule has 1 atom stereocenters. The Morgan fingerprint density at radius 3 is 1.95 bits per heavy atom. The summed E-state index contributed by atoms with van der Waals surface area (Å²) in [5.74, 6) is -2.02. The molecule has 1 amide bonds. The van der Waals surface area contributed by atoms with Gasteiger partial charge in [-0.05, 0) is 39.9 Å². The van der Waals surface area contributed by atoms with E-state index < -0.39 is 53.6 Å². The predicted octanol–water partition coefficient (Wildman–Crippen LogP) is 6.26. The van der Waals surface area contributed by atoms with Crippen LogP contribution in [0, 0.1) is 0 Å². The van der Waals surface area contributed by atoms with Crippen molar-refractivity contribution < 1.29 is 45.8 Å². The molecule has 37 heavy (non-hydrogen) atoms. The summed E-state index contributed by atoms with van der Waals surface area (Å²) >= 11 is 0. The van der Waals surface area contributed by atoms with Gasteiger partial charge in [-0.3, -0.25) is 0 Å². The van der Waals surface area contributed by atoms with E-state index in [4.69, 9.17) is 4.74 Å². The maximum absolute atomic E-state index is 13.4. The van der Waals surface area contributed by atoms with Gasteiger partial charge in [0.05, 0.1) is 11.1 Å². The molecule has 0 spiro atoms. The van der Waals surface area contributed by atoms with Crippen LogP contribution in [0.3, 0.4) is 0 Å². The third-order valence-corrected chi connectivity index (χ3v) is 6.10. The van der Waals surface area contributed by atoms with E-state index in [2.05, 4.69) is 0 Å². The van der Waals surface area contributed by atoms with Gasteiger partial charge < -0.3 is 15.2 Å². The fourth-order valence-electron chi connectivity index (χ4n) is 4.40. The Morgan fingerprint density at radius 2 is 1.43 bits per heavy atom. The summed E-state index contributed by atoms with van der Waals surface area (Å²) in [5, 5.41) is 11.5. The average Bonchev–Trinajstić information content (AvgIpc) is 3.15. The van der Waals surface area contributed by atoms with Crippen LogP contribution in [-0.2, 0) is 28.3 Å². The Kier molecular flexibility index (Phi) is 6.90. The van der Waals surface area contributed by atoms with Crippen LogP contribution in [0.5, 0.6) is 0 Å². The zero-order valence-corrected chi connectivity index (χ0v) is 18.9. The summed E-state index contributed by atoms with van der Waals surface area (Å²) in [6.45, 7) is -0.166. The summed E-state index contributed by atoms with van der Waals surface area (Å²) in [4.78, 5) is 24.1. The average molecular weight is 523 g/mol. The summed E-state index contributed by atoms with van der Waals surface area (Å²) in [6.07, 6.45) is -12.3. The van der Waals surface area contributed by atoms with Crippen molar-refractivity contribution in [3.8, 4) is 11.1 Å². The van der Waals surface area contributed by atoms with E-state index in [-0.39, 0.29) is 18.6 Å². The highest BCUT2D eigenvalue weighted by atomic mass is 19.4. The number of rotatable bonds is 6. The van der Waals surface area contributed by atoms with Crippen molar-refractivity contribution in [3.05, 3.63) is 94.5 Å². The maximum atomic E-state index is 13.4. The Morgan fingerprint density at radius 1 is 0.865 bits per heavy atom. The van der Waals surface area contributed by atoms with Crippen molar-refractivity contribution in [1.29, 1.82) is 0 Å². The first-order valence-corrected chi connectivity index (χ1v) is 11.0. The zero-order chi connectivity index (χ0) is 27.0. The van der Waals surface area contributed by atoms with E-state index in [0.29, 0.717) is 12.1 Å². The normalized spacial score (nSPS) is 14.0. The lowest BCUT2D eigenvalue weighted by Crippen LogP contribution is -2.43. The molecule has 0 aromatic heterocycles. The van der Waals surface area contributed by atoms with E-state index in [0.717, 1.165) is 22.3 Å². The van der Waals surface area contributed by atoms with Crippen LogP contribution >= 0.6 is 0 Å². The molecule has 1 unspecified atom stereocenters.